The number of rotatable bonds is 14. The Labute approximate surface area is 449 Å². The third-order valence-electron chi connectivity index (χ3n) is 19.2. The van der Waals surface area contributed by atoms with Crippen molar-refractivity contribution < 1.29 is 27.7 Å². The normalized spacial score (nSPS) is 25.1. The summed E-state index contributed by atoms with van der Waals surface area (Å²) in [6.45, 7) is 21.9. The van der Waals surface area contributed by atoms with Crippen LogP contribution >= 0.6 is 0 Å². The molecule has 0 radical (unpaired) electrons. The molecule has 2 amide bonds. The fourth-order valence-corrected chi connectivity index (χ4v) is 15.3. The molecule has 11 rings (SSSR count). The standard InChI is InChI=1S/C62H78N10O2.ClH/c1-39(2)41-13-19-49-43(29-41)15-21-55-59(5,23-9-25-61(49,55)7)37-64-57(73)35-70-33-51(66-68-70)45-11-17-47-48-18-12-46(32-54(48)72(28-27-63)53(47)31-45)52-34-71(69-67-52)36-58(74)65-38-60(6)24-10-26-62(8)50-20-14-42(40(3)4)30-44(50)16-22-56(60)62;/h11-14,17-20,29-34,39-40,55-56H,9-10,15-16,21-28,35-38,63H2,1-8H3,(H,64,73)(H,65,74);1H/t55-,56-,59-,60-,61+,62+;/m0./s1. The number of halogens is 1. The fraction of sp³-hybridized carbons (Fsp3) is 0.516. The number of carbonyl (C=O) groups excluding carboxylic acids is 2. The zero-order valence-electron chi connectivity index (χ0n) is 45.7. The molecule has 7 aromatic rings. The van der Waals surface area contributed by atoms with E-state index in [1.165, 1.54) is 46.2 Å². The third kappa shape index (κ3) is 9.50. The lowest BCUT2D eigenvalue weighted by Crippen LogP contribution is -3.00. The van der Waals surface area contributed by atoms with Gasteiger partial charge in [-0.05, 0) is 142 Å². The van der Waals surface area contributed by atoms with Gasteiger partial charge < -0.3 is 33.3 Å². The van der Waals surface area contributed by atoms with Crippen LogP contribution < -0.4 is 28.8 Å². The first-order valence-corrected chi connectivity index (χ1v) is 27.9. The number of quaternary nitrogens is 1. The number of benzene rings is 4. The van der Waals surface area contributed by atoms with Crippen LogP contribution in [0.25, 0.3) is 44.3 Å². The quantitative estimate of drug-likeness (QED) is 0.103. The Morgan fingerprint density at radius 2 is 1.07 bits per heavy atom. The number of aromatic nitrogens is 7. The van der Waals surface area contributed by atoms with Crippen molar-refractivity contribution in [2.75, 3.05) is 19.6 Å². The molecule has 0 aliphatic heterocycles. The minimum absolute atomic E-state index is 0. The molecule has 3 aromatic heterocycles. The van der Waals surface area contributed by atoms with E-state index in [-0.39, 0.29) is 59.0 Å². The summed E-state index contributed by atoms with van der Waals surface area (Å²) in [5, 5.41) is 26.9. The number of hydrogen-bond acceptors (Lipinski definition) is 6. The van der Waals surface area contributed by atoms with E-state index in [2.05, 4.69) is 170 Å². The van der Waals surface area contributed by atoms with Crippen LogP contribution in [0.4, 0.5) is 0 Å². The first kappa shape index (κ1) is 52.6. The topological polar surface area (TPSA) is 152 Å². The van der Waals surface area contributed by atoms with Crippen molar-refractivity contribution in [3.05, 3.63) is 119 Å². The third-order valence-corrected chi connectivity index (χ3v) is 19.2. The maximum absolute atomic E-state index is 13.6. The van der Waals surface area contributed by atoms with Gasteiger partial charge in [-0.25, -0.2) is 9.36 Å². The minimum atomic E-state index is -0.0410. The second-order valence-electron chi connectivity index (χ2n) is 24.8. The molecule has 5 N–H and O–H groups in total. The van der Waals surface area contributed by atoms with Gasteiger partial charge in [0.25, 0.3) is 0 Å². The number of hydrogen-bond donors (Lipinski definition) is 3. The predicted molar refractivity (Wildman–Crippen MR) is 295 cm³/mol. The molecule has 12 nitrogen and oxygen atoms in total. The molecule has 13 heteroatoms. The molecule has 4 aliphatic carbocycles. The van der Waals surface area contributed by atoms with E-state index in [0.717, 1.165) is 102 Å². The smallest absolute Gasteiger partial charge is 0.241 e. The monoisotopic (exact) mass is 1030 g/mol. The molecule has 396 valence electrons. The highest BCUT2D eigenvalue weighted by Crippen LogP contribution is 2.58. The zero-order valence-corrected chi connectivity index (χ0v) is 46.5. The van der Waals surface area contributed by atoms with Crippen LogP contribution in [0, 0.1) is 22.7 Å². The molecule has 2 saturated carbocycles. The highest BCUT2D eigenvalue weighted by molar-refractivity contribution is 6.10. The maximum atomic E-state index is 13.6. The molecular weight excluding hydrogens is 952 g/mol. The molecular formula is C62H79ClN10O2. The van der Waals surface area contributed by atoms with E-state index < -0.39 is 0 Å². The molecule has 4 aromatic carbocycles. The number of carbonyl (C=O) groups is 2. The second-order valence-corrected chi connectivity index (χ2v) is 24.8. The predicted octanol–water partition coefficient (Wildman–Crippen LogP) is 7.46. The van der Waals surface area contributed by atoms with Crippen LogP contribution in [0.15, 0.2) is 85.2 Å². The summed E-state index contributed by atoms with van der Waals surface area (Å²) in [5.74, 6) is 1.99. The number of aryl methyl sites for hydroxylation is 2. The lowest BCUT2D eigenvalue weighted by molar-refractivity contribution is -0.369. The van der Waals surface area contributed by atoms with Crippen molar-refractivity contribution in [3.8, 4) is 22.5 Å². The van der Waals surface area contributed by atoms with Crippen molar-refractivity contribution in [2.45, 2.75) is 162 Å². The zero-order chi connectivity index (χ0) is 51.7. The molecule has 0 spiro atoms. The number of amides is 2. The Morgan fingerprint density at radius 1 is 0.627 bits per heavy atom. The average Bonchev–Trinajstić information content (AvgIpc) is 4.13. The highest BCUT2D eigenvalue weighted by atomic mass is 35.5. The summed E-state index contributed by atoms with van der Waals surface area (Å²) >= 11 is 0. The van der Waals surface area contributed by atoms with Crippen molar-refractivity contribution in [1.29, 1.82) is 0 Å². The Morgan fingerprint density at radius 3 is 1.48 bits per heavy atom. The van der Waals surface area contributed by atoms with Crippen LogP contribution in [0.1, 0.15) is 152 Å². The lowest BCUT2D eigenvalue weighted by atomic mass is 9.49. The summed E-state index contributed by atoms with van der Waals surface area (Å²) in [5.41, 5.74) is 18.9. The van der Waals surface area contributed by atoms with Crippen molar-refractivity contribution in [2.24, 2.45) is 22.7 Å². The van der Waals surface area contributed by atoms with Gasteiger partial charge in [-0.3, -0.25) is 9.59 Å². The van der Waals surface area contributed by atoms with E-state index in [4.69, 9.17) is 0 Å². The van der Waals surface area contributed by atoms with Gasteiger partial charge >= 0.3 is 0 Å². The van der Waals surface area contributed by atoms with Crippen LogP contribution in [-0.2, 0) is 52.9 Å². The van der Waals surface area contributed by atoms with Crippen molar-refractivity contribution in [3.63, 3.8) is 0 Å². The van der Waals surface area contributed by atoms with E-state index in [1.54, 1.807) is 9.36 Å². The maximum Gasteiger partial charge on any atom is 0.241 e. The summed E-state index contributed by atoms with van der Waals surface area (Å²) in [6, 6.07) is 27.3. The SMILES string of the molecule is CC(C)c1ccc2c(c1)CC[C@H]1[C@](C)(CNC(=O)Cn3cc(-c4ccc5c6ccc(-c7cn(CC(=O)NC[C@]8(C)CCC[C@]9(C)c%10ccc(C(C)C)cc%10CC[C@@H]89)nn7)cc6n(CC[NH3+])c5c4)nn3)CCC[C@]21C.[Cl-]. The van der Waals surface area contributed by atoms with Gasteiger partial charge in [0.15, 0.2) is 0 Å². The van der Waals surface area contributed by atoms with Gasteiger partial charge in [0.05, 0.1) is 25.5 Å². The molecule has 3 heterocycles. The highest BCUT2D eigenvalue weighted by Gasteiger charge is 2.53. The molecule has 6 atom stereocenters. The average molecular weight is 1030 g/mol. The van der Waals surface area contributed by atoms with Crippen LogP contribution in [-0.4, -0.2) is 66.0 Å². The van der Waals surface area contributed by atoms with Crippen LogP contribution in [0.2, 0.25) is 0 Å². The van der Waals surface area contributed by atoms with E-state index in [1.807, 2.05) is 12.4 Å². The first-order valence-electron chi connectivity index (χ1n) is 27.9. The number of nitrogens with zero attached hydrogens (tertiary/aromatic N) is 7. The first-order chi connectivity index (χ1) is 35.5. The molecule has 0 saturated heterocycles. The molecule has 0 bridgehead atoms. The molecule has 75 heavy (non-hydrogen) atoms. The molecule has 4 aliphatic rings. The Balaban J connectivity index is 0.00000641. The summed E-state index contributed by atoms with van der Waals surface area (Å²) < 4.78 is 5.63. The summed E-state index contributed by atoms with van der Waals surface area (Å²) in [4.78, 5) is 27.2. The van der Waals surface area contributed by atoms with E-state index in [0.29, 0.717) is 43.3 Å². The Kier molecular flexibility index (Phi) is 14.2. The number of nitrogens with one attached hydrogen (secondary N) is 2. The van der Waals surface area contributed by atoms with E-state index in [9.17, 15) is 9.59 Å². The van der Waals surface area contributed by atoms with Gasteiger partial charge in [-0.15, -0.1) is 10.2 Å². The Bertz CT molecular complexity index is 3070. The van der Waals surface area contributed by atoms with Crippen molar-refractivity contribution in [1.82, 2.24) is 45.2 Å². The minimum Gasteiger partial charge on any atom is -1.00 e. The van der Waals surface area contributed by atoms with Gasteiger partial charge in [-0.1, -0.05) is 139 Å². The van der Waals surface area contributed by atoms with Gasteiger partial charge in [0.2, 0.25) is 11.8 Å². The summed E-state index contributed by atoms with van der Waals surface area (Å²) in [7, 11) is 0. The number of fused-ring (bicyclic) bond motifs is 9. The summed E-state index contributed by atoms with van der Waals surface area (Å²) in [6.07, 6.45) is 15.2. The van der Waals surface area contributed by atoms with E-state index >= 15 is 0 Å². The van der Waals surface area contributed by atoms with Crippen LogP contribution in [0.5, 0.6) is 0 Å². The molecule has 2 fully saturated rings. The largest absolute Gasteiger partial charge is 1.00 e. The fourth-order valence-electron chi connectivity index (χ4n) is 15.3. The van der Waals surface area contributed by atoms with Crippen molar-refractivity contribution >= 4 is 33.6 Å². The van der Waals surface area contributed by atoms with Gasteiger partial charge in [0.1, 0.15) is 24.5 Å². The molecule has 0 unspecified atom stereocenters. The van der Waals surface area contributed by atoms with Gasteiger partial charge in [-0.2, -0.15) is 0 Å². The van der Waals surface area contributed by atoms with Gasteiger partial charge in [0, 0.05) is 46.0 Å². The van der Waals surface area contributed by atoms with Crippen LogP contribution in [0.3, 0.4) is 0 Å². The second kappa shape index (κ2) is 20.3. The lowest BCUT2D eigenvalue weighted by Gasteiger charge is -2.55. The Hall–Kier alpha value is -5.85.